The molecule has 1 aromatic heterocycles. The third kappa shape index (κ3) is 1.20. The van der Waals surface area contributed by atoms with Crippen LogP contribution in [0.5, 0.6) is 0 Å². The van der Waals surface area contributed by atoms with Gasteiger partial charge in [0.05, 0.1) is 11.2 Å². The predicted octanol–water partition coefficient (Wildman–Crippen LogP) is 1.50. The minimum atomic E-state index is -0.439. The Balaban J connectivity index is 2.32. The number of nitrogens with zero attached hydrogens (tertiary/aromatic N) is 1. The highest BCUT2D eigenvalue weighted by atomic mass is 19.1. The van der Waals surface area contributed by atoms with Crippen LogP contribution in [0.15, 0.2) is 18.3 Å². The lowest BCUT2D eigenvalue weighted by Crippen LogP contribution is -2.20. The fourth-order valence-electron chi connectivity index (χ4n) is 1.22. The van der Waals surface area contributed by atoms with Crippen molar-refractivity contribution in [1.29, 1.82) is 0 Å². The molecule has 0 bridgehead atoms. The lowest BCUT2D eigenvalue weighted by atomic mass is 10.1. The average Bonchev–Trinajstić information content (AvgIpc) is 2.85. The summed E-state index contributed by atoms with van der Waals surface area (Å²) < 4.78 is 12.2. The van der Waals surface area contributed by atoms with Gasteiger partial charge in [0.15, 0.2) is 0 Å². The molecule has 2 nitrogen and oxygen atoms in total. The Hall–Kier alpha value is -0.960. The maximum absolute atomic E-state index is 12.2. The SMILES string of the molecule is NC1(c2cc(CF)ccn2)CC1. The van der Waals surface area contributed by atoms with E-state index in [0.29, 0.717) is 5.56 Å². The van der Waals surface area contributed by atoms with Gasteiger partial charge in [-0.15, -0.1) is 0 Å². The van der Waals surface area contributed by atoms with Crippen molar-refractivity contribution >= 4 is 0 Å². The van der Waals surface area contributed by atoms with Crippen LogP contribution >= 0.6 is 0 Å². The van der Waals surface area contributed by atoms with E-state index in [1.165, 1.54) is 0 Å². The zero-order valence-electron chi connectivity index (χ0n) is 6.76. The molecule has 12 heavy (non-hydrogen) atoms. The van der Waals surface area contributed by atoms with Crippen LogP contribution in [-0.2, 0) is 12.2 Å². The molecule has 0 aliphatic heterocycles. The van der Waals surface area contributed by atoms with Crippen LogP contribution < -0.4 is 5.73 Å². The first kappa shape index (κ1) is 7.68. The zero-order valence-corrected chi connectivity index (χ0v) is 6.76. The maximum Gasteiger partial charge on any atom is 0.115 e. The van der Waals surface area contributed by atoms with Crippen molar-refractivity contribution in [2.45, 2.75) is 25.1 Å². The Morgan fingerprint density at radius 1 is 1.58 bits per heavy atom. The van der Waals surface area contributed by atoms with Crippen LogP contribution in [0, 0.1) is 0 Å². The van der Waals surface area contributed by atoms with Gasteiger partial charge in [0.1, 0.15) is 6.67 Å². The molecule has 0 amide bonds. The van der Waals surface area contributed by atoms with Gasteiger partial charge in [0.25, 0.3) is 0 Å². The molecule has 0 unspecified atom stereocenters. The molecule has 1 saturated carbocycles. The molecule has 1 fully saturated rings. The average molecular weight is 166 g/mol. The van der Waals surface area contributed by atoms with Gasteiger partial charge in [-0.2, -0.15) is 0 Å². The van der Waals surface area contributed by atoms with Crippen molar-refractivity contribution in [1.82, 2.24) is 4.98 Å². The molecule has 1 aliphatic rings. The fraction of sp³-hybridized carbons (Fsp3) is 0.444. The molecular weight excluding hydrogens is 155 g/mol. The third-order valence-electron chi connectivity index (χ3n) is 2.28. The van der Waals surface area contributed by atoms with E-state index in [4.69, 9.17) is 5.73 Å². The number of aromatic nitrogens is 1. The van der Waals surface area contributed by atoms with Crippen molar-refractivity contribution in [3.8, 4) is 0 Å². The second-order valence-corrected chi connectivity index (χ2v) is 3.34. The van der Waals surface area contributed by atoms with Gasteiger partial charge in [0, 0.05) is 6.20 Å². The van der Waals surface area contributed by atoms with Crippen molar-refractivity contribution in [2.24, 2.45) is 5.73 Å². The Morgan fingerprint density at radius 2 is 2.33 bits per heavy atom. The van der Waals surface area contributed by atoms with E-state index in [-0.39, 0.29) is 5.54 Å². The summed E-state index contributed by atoms with van der Waals surface area (Å²) in [5.74, 6) is 0. The summed E-state index contributed by atoms with van der Waals surface area (Å²) in [7, 11) is 0. The van der Waals surface area contributed by atoms with Gasteiger partial charge in [-0.3, -0.25) is 4.98 Å². The van der Waals surface area contributed by atoms with E-state index in [1.807, 2.05) is 0 Å². The topological polar surface area (TPSA) is 38.9 Å². The van der Waals surface area contributed by atoms with Crippen molar-refractivity contribution in [3.05, 3.63) is 29.6 Å². The number of hydrogen-bond donors (Lipinski definition) is 1. The van der Waals surface area contributed by atoms with Crippen LogP contribution in [0.4, 0.5) is 4.39 Å². The third-order valence-corrected chi connectivity index (χ3v) is 2.28. The Morgan fingerprint density at radius 3 is 2.92 bits per heavy atom. The number of halogens is 1. The van der Waals surface area contributed by atoms with Crippen LogP contribution in [0.3, 0.4) is 0 Å². The molecular formula is C9H11FN2. The summed E-state index contributed by atoms with van der Waals surface area (Å²) >= 11 is 0. The molecule has 0 saturated heterocycles. The first-order valence-corrected chi connectivity index (χ1v) is 4.05. The Bertz CT molecular complexity index is 294. The molecule has 0 spiro atoms. The standard InChI is InChI=1S/C9H11FN2/c10-6-7-1-4-12-8(5-7)9(11)2-3-9/h1,4-5H,2-3,6,11H2. The van der Waals surface area contributed by atoms with E-state index >= 15 is 0 Å². The molecule has 0 radical (unpaired) electrons. The highest BCUT2D eigenvalue weighted by Gasteiger charge is 2.41. The zero-order chi connectivity index (χ0) is 8.60. The van der Waals surface area contributed by atoms with E-state index < -0.39 is 6.67 Å². The molecule has 2 N–H and O–H groups in total. The number of nitrogens with two attached hydrogens (primary N) is 1. The van der Waals surface area contributed by atoms with Gasteiger partial charge in [0.2, 0.25) is 0 Å². The lowest BCUT2D eigenvalue weighted by Gasteiger charge is -2.07. The van der Waals surface area contributed by atoms with Crippen molar-refractivity contribution < 1.29 is 4.39 Å². The quantitative estimate of drug-likeness (QED) is 0.723. The van der Waals surface area contributed by atoms with Crippen LogP contribution in [0.2, 0.25) is 0 Å². The van der Waals surface area contributed by atoms with Gasteiger partial charge in [-0.25, -0.2) is 4.39 Å². The highest BCUT2D eigenvalue weighted by molar-refractivity contribution is 5.26. The maximum atomic E-state index is 12.2. The number of hydrogen-bond acceptors (Lipinski definition) is 2. The fourth-order valence-corrected chi connectivity index (χ4v) is 1.22. The largest absolute Gasteiger partial charge is 0.320 e. The normalized spacial score (nSPS) is 19.2. The Kier molecular flexibility index (Phi) is 1.61. The number of pyridine rings is 1. The van der Waals surface area contributed by atoms with Crippen molar-refractivity contribution in [3.63, 3.8) is 0 Å². The molecule has 0 aromatic carbocycles. The molecule has 1 aromatic rings. The van der Waals surface area contributed by atoms with Gasteiger partial charge in [-0.05, 0) is 30.5 Å². The van der Waals surface area contributed by atoms with Crippen LogP contribution in [-0.4, -0.2) is 4.98 Å². The van der Waals surface area contributed by atoms with E-state index in [1.54, 1.807) is 18.3 Å². The summed E-state index contributed by atoms with van der Waals surface area (Å²) in [5, 5.41) is 0. The van der Waals surface area contributed by atoms with E-state index in [9.17, 15) is 4.39 Å². The van der Waals surface area contributed by atoms with Gasteiger partial charge >= 0.3 is 0 Å². The lowest BCUT2D eigenvalue weighted by molar-refractivity contribution is 0.484. The summed E-state index contributed by atoms with van der Waals surface area (Å²) in [6.45, 7) is -0.439. The Labute approximate surface area is 70.6 Å². The van der Waals surface area contributed by atoms with Crippen molar-refractivity contribution in [2.75, 3.05) is 0 Å². The second-order valence-electron chi connectivity index (χ2n) is 3.34. The first-order valence-electron chi connectivity index (χ1n) is 4.05. The summed E-state index contributed by atoms with van der Waals surface area (Å²) in [6, 6.07) is 3.43. The predicted molar refractivity (Wildman–Crippen MR) is 44.1 cm³/mol. The second kappa shape index (κ2) is 2.52. The summed E-state index contributed by atoms with van der Waals surface area (Å²) in [6.07, 6.45) is 3.56. The molecule has 1 aliphatic carbocycles. The first-order chi connectivity index (χ1) is 5.74. The number of alkyl halides is 1. The number of rotatable bonds is 2. The molecule has 1 heterocycles. The van der Waals surface area contributed by atoms with Gasteiger partial charge < -0.3 is 5.73 Å². The summed E-state index contributed by atoms with van der Waals surface area (Å²) in [4.78, 5) is 4.13. The summed E-state index contributed by atoms with van der Waals surface area (Å²) in [5.41, 5.74) is 7.16. The molecule has 64 valence electrons. The molecule has 0 atom stereocenters. The minimum Gasteiger partial charge on any atom is -0.320 e. The minimum absolute atomic E-state index is 0.245. The van der Waals surface area contributed by atoms with Crippen LogP contribution in [0.25, 0.3) is 0 Å². The highest BCUT2D eigenvalue weighted by Crippen LogP contribution is 2.41. The van der Waals surface area contributed by atoms with E-state index in [0.717, 1.165) is 18.5 Å². The smallest absolute Gasteiger partial charge is 0.115 e. The monoisotopic (exact) mass is 166 g/mol. The molecule has 3 heteroatoms. The van der Waals surface area contributed by atoms with E-state index in [2.05, 4.69) is 4.98 Å². The van der Waals surface area contributed by atoms with Crippen LogP contribution in [0.1, 0.15) is 24.1 Å². The molecule has 2 rings (SSSR count). The van der Waals surface area contributed by atoms with Gasteiger partial charge in [-0.1, -0.05) is 0 Å².